The number of benzene rings is 1. The molecule has 7 heteroatoms. The van der Waals surface area contributed by atoms with Crippen LogP contribution in [0.25, 0.3) is 0 Å². The summed E-state index contributed by atoms with van der Waals surface area (Å²) in [5.74, 6) is 5.38. The number of halogens is 1. The van der Waals surface area contributed by atoms with Gasteiger partial charge in [0, 0.05) is 27.0 Å². The maximum absolute atomic E-state index is 11.3. The molecule has 1 aromatic heterocycles. The molecule has 0 saturated carbocycles. The number of nitrogen functional groups attached to an aromatic ring is 2. The van der Waals surface area contributed by atoms with E-state index in [1.807, 2.05) is 18.2 Å². The fourth-order valence-corrected chi connectivity index (χ4v) is 2.77. The third-order valence-corrected chi connectivity index (χ3v) is 4.18. The lowest BCUT2D eigenvalue weighted by Crippen LogP contribution is -2.30. The van der Waals surface area contributed by atoms with Crippen molar-refractivity contribution in [2.45, 2.75) is 10.6 Å². The number of hydrazine groups is 1. The van der Waals surface area contributed by atoms with Gasteiger partial charge in [-0.3, -0.25) is 15.2 Å². The van der Waals surface area contributed by atoms with Gasteiger partial charge in [0.2, 0.25) is 0 Å². The fraction of sp³-hybridized carbons (Fsp3) is 0.0769. The Balaban J connectivity index is 2.02. The van der Waals surface area contributed by atoms with E-state index in [1.54, 1.807) is 23.9 Å². The van der Waals surface area contributed by atoms with Gasteiger partial charge in [0.1, 0.15) is 0 Å². The Kier molecular flexibility index (Phi) is 4.99. The van der Waals surface area contributed by atoms with Crippen molar-refractivity contribution in [1.29, 1.82) is 0 Å². The second-order valence-electron chi connectivity index (χ2n) is 3.98. The minimum atomic E-state index is -0.353. The number of nitrogens with two attached hydrogens (primary N) is 2. The maximum atomic E-state index is 11.3. The van der Waals surface area contributed by atoms with Gasteiger partial charge in [0.15, 0.2) is 0 Å². The summed E-state index contributed by atoms with van der Waals surface area (Å²) in [7, 11) is 0. The molecule has 2 aromatic rings. The topological polar surface area (TPSA) is 94.0 Å². The quantitative estimate of drug-likeness (QED) is 0.258. The van der Waals surface area contributed by atoms with E-state index in [4.69, 9.17) is 11.6 Å². The van der Waals surface area contributed by atoms with Crippen LogP contribution in [0.3, 0.4) is 0 Å². The van der Waals surface area contributed by atoms with Gasteiger partial charge in [0.25, 0.3) is 5.91 Å². The van der Waals surface area contributed by atoms with E-state index >= 15 is 0 Å². The van der Waals surface area contributed by atoms with Crippen molar-refractivity contribution in [2.24, 2.45) is 5.84 Å². The molecule has 0 aliphatic heterocycles. The number of carbonyl (C=O) groups is 1. The summed E-state index contributed by atoms with van der Waals surface area (Å²) < 4.78 is 0.953. The monoisotopic (exact) mass is 352 g/mol. The number of hydrogen-bond acceptors (Lipinski definition) is 5. The number of anilines is 1. The molecule has 0 aliphatic rings. The van der Waals surface area contributed by atoms with E-state index in [9.17, 15) is 4.79 Å². The molecule has 0 atom stereocenters. The zero-order valence-corrected chi connectivity index (χ0v) is 12.9. The Morgan fingerprint density at radius 1 is 1.35 bits per heavy atom. The molecular weight excluding hydrogens is 340 g/mol. The predicted octanol–water partition coefficient (Wildman–Crippen LogP) is 2.32. The number of nitrogens with zero attached hydrogens (tertiary/aromatic N) is 1. The van der Waals surface area contributed by atoms with E-state index in [-0.39, 0.29) is 5.91 Å². The number of aromatic nitrogens is 1. The Morgan fingerprint density at radius 2 is 2.15 bits per heavy atom. The average molecular weight is 353 g/mol. The summed E-state index contributed by atoms with van der Waals surface area (Å²) in [6.07, 6.45) is 1.50. The summed E-state index contributed by atoms with van der Waals surface area (Å²) in [4.78, 5) is 16.5. The molecule has 1 aromatic carbocycles. The van der Waals surface area contributed by atoms with E-state index in [0.717, 1.165) is 20.7 Å². The Labute approximate surface area is 129 Å². The molecule has 2 rings (SSSR count). The average Bonchev–Trinajstić information content (AvgIpc) is 2.46. The van der Waals surface area contributed by atoms with Crippen LogP contribution in [0.15, 0.2) is 45.9 Å². The first kappa shape index (κ1) is 14.8. The molecule has 104 valence electrons. The second kappa shape index (κ2) is 6.74. The highest BCUT2D eigenvalue weighted by Gasteiger charge is 2.05. The molecule has 1 heterocycles. The molecule has 20 heavy (non-hydrogen) atoms. The second-order valence-corrected chi connectivity index (χ2v) is 5.92. The third-order valence-electron chi connectivity index (χ3n) is 2.57. The molecule has 0 bridgehead atoms. The van der Waals surface area contributed by atoms with Crippen LogP contribution in [0, 0.1) is 0 Å². The van der Waals surface area contributed by atoms with Crippen LogP contribution in [0.2, 0.25) is 0 Å². The van der Waals surface area contributed by atoms with Gasteiger partial charge in [-0.05, 0) is 30.3 Å². The number of carbonyl (C=O) groups excluding carboxylic acids is 1. The SMILES string of the molecule is NNC(=O)c1ccc(CSc2ccc(Br)cc2N)nc1. The van der Waals surface area contributed by atoms with Crippen LogP contribution in [-0.4, -0.2) is 10.9 Å². The van der Waals surface area contributed by atoms with E-state index in [0.29, 0.717) is 11.3 Å². The first-order valence-corrected chi connectivity index (χ1v) is 7.51. The summed E-state index contributed by atoms with van der Waals surface area (Å²) in [5, 5.41) is 0. The summed E-state index contributed by atoms with van der Waals surface area (Å²) in [6, 6.07) is 9.26. The lowest BCUT2D eigenvalue weighted by atomic mass is 10.2. The Hall–Kier alpha value is -1.57. The third kappa shape index (κ3) is 3.72. The minimum absolute atomic E-state index is 0.353. The van der Waals surface area contributed by atoms with Crippen LogP contribution in [0.5, 0.6) is 0 Å². The molecule has 0 fully saturated rings. The highest BCUT2D eigenvalue weighted by Crippen LogP contribution is 2.29. The smallest absolute Gasteiger partial charge is 0.266 e. The largest absolute Gasteiger partial charge is 0.398 e. The summed E-state index contributed by atoms with van der Waals surface area (Å²) >= 11 is 4.97. The highest BCUT2D eigenvalue weighted by molar-refractivity contribution is 9.10. The standard InChI is InChI=1S/C13H13BrN4OS/c14-9-2-4-12(11(15)5-9)20-7-10-3-1-8(6-17-10)13(19)18-16/h1-6H,7,15-16H2,(H,18,19). The van der Waals surface area contributed by atoms with E-state index in [2.05, 4.69) is 26.3 Å². The number of nitrogens with one attached hydrogen (secondary N) is 1. The van der Waals surface area contributed by atoms with Crippen molar-refractivity contribution in [1.82, 2.24) is 10.4 Å². The van der Waals surface area contributed by atoms with E-state index < -0.39 is 0 Å². The predicted molar refractivity (Wildman–Crippen MR) is 84.0 cm³/mol. The van der Waals surface area contributed by atoms with Crippen LogP contribution >= 0.6 is 27.7 Å². The van der Waals surface area contributed by atoms with Gasteiger partial charge in [0.05, 0.1) is 11.3 Å². The summed E-state index contributed by atoms with van der Waals surface area (Å²) in [6.45, 7) is 0. The minimum Gasteiger partial charge on any atom is -0.398 e. The van der Waals surface area contributed by atoms with Crippen molar-refractivity contribution in [3.8, 4) is 0 Å². The zero-order chi connectivity index (χ0) is 14.5. The van der Waals surface area contributed by atoms with Crippen molar-refractivity contribution < 1.29 is 4.79 Å². The molecule has 5 nitrogen and oxygen atoms in total. The van der Waals surface area contributed by atoms with Crippen LogP contribution in [0.1, 0.15) is 16.1 Å². The molecule has 0 aliphatic carbocycles. The normalized spacial score (nSPS) is 10.3. The maximum Gasteiger partial charge on any atom is 0.266 e. The van der Waals surface area contributed by atoms with Crippen molar-refractivity contribution in [3.05, 3.63) is 52.3 Å². The first-order chi connectivity index (χ1) is 9.60. The zero-order valence-electron chi connectivity index (χ0n) is 10.5. The van der Waals surface area contributed by atoms with Crippen molar-refractivity contribution >= 4 is 39.3 Å². The van der Waals surface area contributed by atoms with Crippen LogP contribution in [-0.2, 0) is 5.75 Å². The number of rotatable bonds is 4. The van der Waals surface area contributed by atoms with Crippen molar-refractivity contribution in [3.63, 3.8) is 0 Å². The van der Waals surface area contributed by atoms with Crippen LogP contribution in [0.4, 0.5) is 5.69 Å². The number of hydrogen-bond donors (Lipinski definition) is 3. The summed E-state index contributed by atoms with van der Waals surface area (Å²) in [5.41, 5.74) is 10.0. The lowest BCUT2D eigenvalue weighted by Gasteiger charge is -2.06. The molecule has 0 unspecified atom stereocenters. The molecule has 5 N–H and O–H groups in total. The number of pyridine rings is 1. The van der Waals surface area contributed by atoms with E-state index in [1.165, 1.54) is 6.20 Å². The highest BCUT2D eigenvalue weighted by atomic mass is 79.9. The molecule has 0 saturated heterocycles. The van der Waals surface area contributed by atoms with Gasteiger partial charge in [-0.1, -0.05) is 15.9 Å². The number of amides is 1. The molecule has 0 radical (unpaired) electrons. The van der Waals surface area contributed by atoms with Crippen LogP contribution < -0.4 is 17.0 Å². The van der Waals surface area contributed by atoms with Gasteiger partial charge in [-0.2, -0.15) is 0 Å². The Bertz CT molecular complexity index is 618. The lowest BCUT2D eigenvalue weighted by molar-refractivity contribution is 0.0953. The van der Waals surface area contributed by atoms with Crippen molar-refractivity contribution in [2.75, 3.05) is 5.73 Å². The first-order valence-electron chi connectivity index (χ1n) is 5.74. The molecule has 1 amide bonds. The van der Waals surface area contributed by atoms with Gasteiger partial charge in [-0.15, -0.1) is 11.8 Å². The fourth-order valence-electron chi connectivity index (χ4n) is 1.53. The molecular formula is C13H13BrN4OS. The number of thioether (sulfide) groups is 1. The Morgan fingerprint density at radius 3 is 2.75 bits per heavy atom. The molecule has 0 spiro atoms. The van der Waals surface area contributed by atoms with Gasteiger partial charge < -0.3 is 5.73 Å². The van der Waals surface area contributed by atoms with Gasteiger partial charge in [-0.25, -0.2) is 5.84 Å². The van der Waals surface area contributed by atoms with Gasteiger partial charge >= 0.3 is 0 Å².